The second-order valence-corrected chi connectivity index (χ2v) is 4.19. The lowest BCUT2D eigenvalue weighted by Gasteiger charge is -2.16. The van der Waals surface area contributed by atoms with E-state index in [4.69, 9.17) is 4.74 Å². The Hall–Kier alpha value is -1.72. The van der Waals surface area contributed by atoms with Crippen LogP contribution in [0, 0.1) is 0 Å². The lowest BCUT2D eigenvalue weighted by molar-refractivity contribution is -0.134. The first-order chi connectivity index (χ1) is 7.78. The van der Waals surface area contributed by atoms with Crippen molar-refractivity contribution >= 4 is 12.1 Å². The molecule has 0 aromatic heterocycles. The monoisotopic (exact) mass is 242 g/mol. The first-order valence-corrected chi connectivity index (χ1v) is 5.21. The van der Waals surface area contributed by atoms with Crippen molar-refractivity contribution in [1.29, 1.82) is 0 Å². The molecule has 0 aromatic rings. The number of hydrogen-bond acceptors (Lipinski definition) is 5. The molecule has 0 fully saturated rings. The third kappa shape index (κ3) is 8.12. The molecule has 0 saturated heterocycles. The van der Waals surface area contributed by atoms with Crippen molar-refractivity contribution in [2.24, 2.45) is 10.2 Å². The van der Waals surface area contributed by atoms with Crippen molar-refractivity contribution in [3.63, 3.8) is 0 Å². The second kappa shape index (κ2) is 6.78. The smallest absolute Gasteiger partial charge is 0.452 e. The number of ether oxygens (including phenoxy) is 2. The van der Waals surface area contributed by atoms with Crippen LogP contribution in [0.15, 0.2) is 22.0 Å². The number of azo groups is 1. The molecule has 0 aliphatic heterocycles. The van der Waals surface area contributed by atoms with Gasteiger partial charge in [-0.05, 0) is 27.2 Å². The Morgan fingerprint density at radius 3 is 2.24 bits per heavy atom. The average Bonchev–Trinajstić information content (AvgIpc) is 2.21. The van der Waals surface area contributed by atoms with E-state index in [0.29, 0.717) is 12.1 Å². The Bertz CT molecular complexity index is 340. The van der Waals surface area contributed by atoms with Gasteiger partial charge in [0, 0.05) is 6.08 Å². The fourth-order valence-corrected chi connectivity index (χ4v) is 0.784. The number of carbonyl (C=O) groups is 2. The average molecular weight is 242 g/mol. The molecule has 6 nitrogen and oxygen atoms in total. The maximum atomic E-state index is 11.2. The van der Waals surface area contributed by atoms with Crippen LogP contribution in [0.4, 0.5) is 4.79 Å². The quantitative estimate of drug-likeness (QED) is 0.433. The van der Waals surface area contributed by atoms with E-state index in [1.54, 1.807) is 27.7 Å². The highest BCUT2D eigenvalue weighted by molar-refractivity contribution is 5.82. The molecule has 17 heavy (non-hydrogen) atoms. The van der Waals surface area contributed by atoms with Gasteiger partial charge in [-0.15, -0.1) is 5.11 Å². The number of amides is 1. The lowest BCUT2D eigenvalue weighted by Crippen LogP contribution is -2.21. The summed E-state index contributed by atoms with van der Waals surface area (Å²) < 4.78 is 9.36. The summed E-state index contributed by atoms with van der Waals surface area (Å²) in [5, 5.41) is 6.98. The van der Waals surface area contributed by atoms with E-state index in [2.05, 4.69) is 15.0 Å². The van der Waals surface area contributed by atoms with Crippen LogP contribution in [-0.4, -0.2) is 24.8 Å². The van der Waals surface area contributed by atoms with Gasteiger partial charge in [0.25, 0.3) is 0 Å². The number of methoxy groups -OCH3 is 1. The van der Waals surface area contributed by atoms with Crippen LogP contribution >= 0.6 is 0 Å². The van der Waals surface area contributed by atoms with Crippen molar-refractivity contribution in [2.45, 2.75) is 39.7 Å². The van der Waals surface area contributed by atoms with Gasteiger partial charge in [0.2, 0.25) is 0 Å². The number of rotatable bonds is 3. The van der Waals surface area contributed by atoms with Crippen LogP contribution in [0.1, 0.15) is 34.1 Å². The van der Waals surface area contributed by atoms with Crippen LogP contribution in [-0.2, 0) is 14.3 Å². The number of allylic oxidation sites excluding steroid dienone is 1. The highest BCUT2D eigenvalue weighted by Crippen LogP contribution is 2.10. The molecule has 0 aromatic carbocycles. The molecule has 0 bridgehead atoms. The SMILES string of the molecule is CCC(=CC(=O)OC)N=NC(=O)OC(C)(C)C. The zero-order valence-corrected chi connectivity index (χ0v) is 10.8. The van der Waals surface area contributed by atoms with Gasteiger partial charge >= 0.3 is 12.1 Å². The van der Waals surface area contributed by atoms with Gasteiger partial charge in [-0.2, -0.15) is 0 Å². The second-order valence-electron chi connectivity index (χ2n) is 4.19. The van der Waals surface area contributed by atoms with Crippen molar-refractivity contribution in [1.82, 2.24) is 0 Å². The van der Waals surface area contributed by atoms with Gasteiger partial charge in [-0.3, -0.25) is 0 Å². The summed E-state index contributed by atoms with van der Waals surface area (Å²) in [6, 6.07) is 0. The van der Waals surface area contributed by atoms with Crippen molar-refractivity contribution < 1.29 is 19.1 Å². The Morgan fingerprint density at radius 2 is 1.82 bits per heavy atom. The minimum absolute atomic E-state index is 0.350. The van der Waals surface area contributed by atoms with Gasteiger partial charge in [0.05, 0.1) is 12.8 Å². The lowest BCUT2D eigenvalue weighted by atomic mass is 10.2. The summed E-state index contributed by atoms with van der Waals surface area (Å²) >= 11 is 0. The number of esters is 1. The number of hydrogen-bond donors (Lipinski definition) is 0. The van der Waals surface area contributed by atoms with Crippen LogP contribution < -0.4 is 0 Å². The zero-order valence-electron chi connectivity index (χ0n) is 10.8. The minimum atomic E-state index is -0.790. The summed E-state index contributed by atoms with van der Waals surface area (Å²) in [7, 11) is 1.26. The fraction of sp³-hybridized carbons (Fsp3) is 0.636. The van der Waals surface area contributed by atoms with Gasteiger partial charge in [0.15, 0.2) is 0 Å². The summed E-state index contributed by atoms with van der Waals surface area (Å²) in [5.74, 6) is -0.537. The number of carbonyl (C=O) groups excluding carboxylic acids is 2. The van der Waals surface area contributed by atoms with Gasteiger partial charge in [-0.25, -0.2) is 9.59 Å². The maximum absolute atomic E-state index is 11.2. The van der Waals surface area contributed by atoms with Gasteiger partial charge in [0.1, 0.15) is 5.60 Å². The largest absolute Gasteiger partial charge is 0.466 e. The predicted molar refractivity (Wildman–Crippen MR) is 61.5 cm³/mol. The third-order valence-electron chi connectivity index (χ3n) is 1.50. The van der Waals surface area contributed by atoms with E-state index in [1.165, 1.54) is 13.2 Å². The van der Waals surface area contributed by atoms with Crippen LogP contribution in [0.25, 0.3) is 0 Å². The molecule has 0 N–H and O–H groups in total. The molecular formula is C11H18N2O4. The minimum Gasteiger partial charge on any atom is -0.466 e. The molecule has 0 spiro atoms. The fourth-order valence-electron chi connectivity index (χ4n) is 0.784. The van der Waals surface area contributed by atoms with E-state index in [1.807, 2.05) is 0 Å². The van der Waals surface area contributed by atoms with E-state index in [-0.39, 0.29) is 0 Å². The summed E-state index contributed by atoms with van der Waals surface area (Å²) in [5.41, 5.74) is -0.267. The van der Waals surface area contributed by atoms with E-state index in [9.17, 15) is 9.59 Å². The van der Waals surface area contributed by atoms with Crippen LogP contribution in [0.5, 0.6) is 0 Å². The van der Waals surface area contributed by atoms with Crippen LogP contribution in [0.2, 0.25) is 0 Å². The molecule has 0 rings (SSSR count). The third-order valence-corrected chi connectivity index (χ3v) is 1.50. The van der Waals surface area contributed by atoms with Crippen molar-refractivity contribution in [3.8, 4) is 0 Å². The van der Waals surface area contributed by atoms with E-state index >= 15 is 0 Å². The topological polar surface area (TPSA) is 77.3 Å². The summed E-state index contributed by atoms with van der Waals surface area (Å²) in [6.45, 7) is 6.96. The molecule has 0 unspecified atom stereocenters. The summed E-state index contributed by atoms with van der Waals surface area (Å²) in [4.78, 5) is 22.1. The highest BCUT2D eigenvalue weighted by Gasteiger charge is 2.15. The molecule has 0 radical (unpaired) electrons. The molecule has 6 heteroatoms. The van der Waals surface area contributed by atoms with Crippen molar-refractivity contribution in [3.05, 3.63) is 11.8 Å². The molecule has 0 atom stereocenters. The molecule has 0 heterocycles. The maximum Gasteiger partial charge on any atom is 0.452 e. The van der Waals surface area contributed by atoms with Gasteiger partial charge in [-0.1, -0.05) is 12.0 Å². The first kappa shape index (κ1) is 15.3. The number of nitrogens with zero attached hydrogens (tertiary/aromatic N) is 2. The molecule has 96 valence electrons. The molecule has 0 saturated carbocycles. The Balaban J connectivity index is 4.53. The van der Waals surface area contributed by atoms with E-state index in [0.717, 1.165) is 0 Å². The van der Waals surface area contributed by atoms with Gasteiger partial charge < -0.3 is 9.47 Å². The first-order valence-electron chi connectivity index (χ1n) is 5.21. The molecule has 0 aliphatic rings. The Morgan fingerprint density at radius 1 is 1.24 bits per heavy atom. The predicted octanol–water partition coefficient (Wildman–Crippen LogP) is 2.84. The summed E-state index contributed by atoms with van der Waals surface area (Å²) in [6.07, 6.45) is 0.844. The Labute approximate surface area is 101 Å². The van der Waals surface area contributed by atoms with Crippen LogP contribution in [0.3, 0.4) is 0 Å². The molecule has 1 amide bonds. The normalized spacial score (nSPS) is 12.6. The molecule has 0 aliphatic carbocycles. The molecular weight excluding hydrogens is 224 g/mol. The van der Waals surface area contributed by atoms with Crippen molar-refractivity contribution in [2.75, 3.05) is 7.11 Å². The zero-order chi connectivity index (χ0) is 13.5. The highest BCUT2D eigenvalue weighted by atomic mass is 16.6. The standard InChI is InChI=1S/C11H18N2O4/c1-6-8(7-9(14)16-5)12-13-10(15)17-11(2,3)4/h7H,6H2,1-5H3. The van der Waals surface area contributed by atoms with E-state index < -0.39 is 17.7 Å². The Kier molecular flexibility index (Phi) is 6.09.